The fourth-order valence-electron chi connectivity index (χ4n) is 3.89. The number of hydrogen-bond donors (Lipinski definition) is 1. The van der Waals surface area contributed by atoms with Crippen molar-refractivity contribution in [3.05, 3.63) is 78.9 Å². The van der Waals surface area contributed by atoms with Gasteiger partial charge in [-0.15, -0.1) is 0 Å². The Bertz CT molecular complexity index is 1480. The molecule has 2 aliphatic rings. The van der Waals surface area contributed by atoms with Crippen molar-refractivity contribution in [2.75, 3.05) is 13.4 Å². The van der Waals surface area contributed by atoms with Gasteiger partial charge in [0.25, 0.3) is 5.56 Å². The minimum Gasteiger partial charge on any atom is -0.507 e. The number of nitrogens with zero attached hydrogens (tertiary/aromatic N) is 2. The lowest BCUT2D eigenvalue weighted by Gasteiger charge is -2.22. The smallest absolute Gasteiger partial charge is 0.338 e. The first kappa shape index (κ1) is 21.0. The minimum absolute atomic E-state index is 0.0722. The van der Waals surface area contributed by atoms with E-state index in [-0.39, 0.29) is 30.3 Å². The molecule has 2 aromatic carbocycles. The molecule has 9 heteroatoms. The second-order valence-corrected chi connectivity index (χ2v) is 8.47. The van der Waals surface area contributed by atoms with E-state index in [0.717, 1.165) is 5.56 Å². The first-order valence-corrected chi connectivity index (χ1v) is 11.2. The Balaban J connectivity index is 1.72. The van der Waals surface area contributed by atoms with Crippen molar-refractivity contribution in [1.82, 2.24) is 4.57 Å². The summed E-state index contributed by atoms with van der Waals surface area (Å²) in [5.41, 5.74) is 1.68. The highest BCUT2D eigenvalue weighted by Crippen LogP contribution is 2.38. The summed E-state index contributed by atoms with van der Waals surface area (Å²) in [6, 6.07) is 11.5. The molecule has 0 aliphatic carbocycles. The molecular formula is C24H20N2O6S. The highest BCUT2D eigenvalue weighted by Gasteiger charge is 2.32. The molecule has 3 aromatic rings. The molecule has 8 nitrogen and oxygen atoms in total. The van der Waals surface area contributed by atoms with Crippen LogP contribution in [0.2, 0.25) is 0 Å². The number of hydrogen-bond acceptors (Lipinski definition) is 8. The Hall–Kier alpha value is -3.85. The van der Waals surface area contributed by atoms with Crippen LogP contribution in [0.25, 0.3) is 11.8 Å². The van der Waals surface area contributed by atoms with Gasteiger partial charge in [0.2, 0.25) is 6.79 Å². The van der Waals surface area contributed by atoms with Crippen LogP contribution in [0.5, 0.6) is 17.2 Å². The number of para-hydroxylation sites is 1. The predicted octanol–water partition coefficient (Wildman–Crippen LogP) is 2.34. The third kappa shape index (κ3) is 3.60. The maximum Gasteiger partial charge on any atom is 0.338 e. The number of aromatic nitrogens is 1. The van der Waals surface area contributed by atoms with E-state index in [0.29, 0.717) is 32.1 Å². The van der Waals surface area contributed by atoms with Crippen molar-refractivity contribution in [3.63, 3.8) is 0 Å². The van der Waals surface area contributed by atoms with Gasteiger partial charge in [-0.2, -0.15) is 0 Å². The normalized spacial score (nSPS) is 17.0. The average molecular weight is 464 g/mol. The van der Waals surface area contributed by atoms with Crippen LogP contribution >= 0.6 is 11.3 Å². The number of rotatable bonds is 4. The van der Waals surface area contributed by atoms with Crippen molar-refractivity contribution in [3.8, 4) is 17.2 Å². The fraction of sp³-hybridized carbons (Fsp3) is 0.208. The monoisotopic (exact) mass is 464 g/mol. The van der Waals surface area contributed by atoms with E-state index >= 15 is 0 Å². The van der Waals surface area contributed by atoms with Crippen molar-refractivity contribution in [2.24, 2.45) is 4.99 Å². The molecule has 0 amide bonds. The maximum absolute atomic E-state index is 13.2. The number of ether oxygens (including phenoxy) is 3. The SMILES string of the molecule is CCOC(=O)C1=C(C)n2c(s/c(=C\c3ccccc3O)c2=O)=N[C@@H]1c1ccc2c(c1)OCO2. The van der Waals surface area contributed by atoms with Crippen LogP contribution in [0.3, 0.4) is 0 Å². The van der Waals surface area contributed by atoms with Crippen molar-refractivity contribution >= 4 is 29.1 Å². The summed E-state index contributed by atoms with van der Waals surface area (Å²) in [5, 5.41) is 10.1. The largest absolute Gasteiger partial charge is 0.507 e. The molecule has 33 heavy (non-hydrogen) atoms. The molecule has 168 valence electrons. The number of benzene rings is 2. The zero-order valence-electron chi connectivity index (χ0n) is 17.9. The van der Waals surface area contributed by atoms with E-state index < -0.39 is 12.0 Å². The van der Waals surface area contributed by atoms with Gasteiger partial charge in [-0.3, -0.25) is 9.36 Å². The van der Waals surface area contributed by atoms with Gasteiger partial charge in [-0.05, 0) is 43.7 Å². The zero-order chi connectivity index (χ0) is 23.1. The van der Waals surface area contributed by atoms with E-state index in [2.05, 4.69) is 0 Å². The average Bonchev–Trinajstić information content (AvgIpc) is 3.39. The van der Waals surface area contributed by atoms with Crippen LogP contribution in [0.4, 0.5) is 0 Å². The third-order valence-electron chi connectivity index (χ3n) is 5.48. The molecular weight excluding hydrogens is 444 g/mol. The molecule has 3 heterocycles. The number of esters is 1. The van der Waals surface area contributed by atoms with Gasteiger partial charge in [0, 0.05) is 11.3 Å². The van der Waals surface area contributed by atoms with Crippen molar-refractivity contribution in [1.29, 1.82) is 0 Å². The summed E-state index contributed by atoms with van der Waals surface area (Å²) in [6.07, 6.45) is 1.62. The molecule has 0 saturated carbocycles. The fourth-order valence-corrected chi connectivity index (χ4v) is 4.92. The molecule has 0 unspecified atom stereocenters. The number of thiazole rings is 1. The Morgan fingerprint density at radius 1 is 1.27 bits per heavy atom. The van der Waals surface area contributed by atoms with Gasteiger partial charge in [0.15, 0.2) is 16.3 Å². The number of aromatic hydroxyl groups is 1. The molecule has 1 aromatic heterocycles. The number of allylic oxidation sites excluding steroid dienone is 1. The van der Waals surface area contributed by atoms with Crippen LogP contribution < -0.4 is 24.4 Å². The Morgan fingerprint density at radius 3 is 2.85 bits per heavy atom. The van der Waals surface area contributed by atoms with Gasteiger partial charge in [-0.25, -0.2) is 9.79 Å². The second-order valence-electron chi connectivity index (χ2n) is 7.46. The zero-order valence-corrected chi connectivity index (χ0v) is 18.7. The third-order valence-corrected chi connectivity index (χ3v) is 6.46. The maximum atomic E-state index is 13.2. The van der Waals surface area contributed by atoms with Gasteiger partial charge in [0.1, 0.15) is 11.8 Å². The number of carbonyl (C=O) groups excluding carboxylic acids is 1. The first-order chi connectivity index (χ1) is 16.0. The molecule has 2 aliphatic heterocycles. The van der Waals surface area contributed by atoms with E-state index in [1.54, 1.807) is 56.3 Å². The topological polar surface area (TPSA) is 99.4 Å². The summed E-state index contributed by atoms with van der Waals surface area (Å²) in [7, 11) is 0. The molecule has 0 bridgehead atoms. The van der Waals surface area contributed by atoms with Crippen LogP contribution in [0, 0.1) is 0 Å². The highest BCUT2D eigenvalue weighted by molar-refractivity contribution is 7.07. The molecule has 5 rings (SSSR count). The van der Waals surface area contributed by atoms with Crippen molar-refractivity contribution < 1.29 is 24.1 Å². The Morgan fingerprint density at radius 2 is 2.06 bits per heavy atom. The van der Waals surface area contributed by atoms with E-state index in [9.17, 15) is 14.7 Å². The summed E-state index contributed by atoms with van der Waals surface area (Å²) in [4.78, 5) is 31.4. The molecule has 0 spiro atoms. The van der Waals surface area contributed by atoms with Crippen LogP contribution in [-0.2, 0) is 9.53 Å². The lowest BCUT2D eigenvalue weighted by Crippen LogP contribution is -2.35. The quantitative estimate of drug-likeness (QED) is 0.595. The van der Waals surface area contributed by atoms with E-state index in [4.69, 9.17) is 19.2 Å². The first-order valence-electron chi connectivity index (χ1n) is 10.3. The number of phenols is 1. The molecule has 1 atom stereocenters. The summed E-state index contributed by atoms with van der Waals surface area (Å²) in [6.45, 7) is 3.77. The standard InChI is InChI=1S/C24H20N2O6S/c1-3-30-23(29)20-13(2)26-22(28)19(11-14-6-4-5-7-16(14)27)33-24(26)25-21(20)15-8-9-17-18(10-15)32-12-31-17/h4-11,21,27H,3,12H2,1-2H3/b19-11-/t21-/m1/s1. The Kier molecular flexibility index (Phi) is 5.26. The van der Waals surface area contributed by atoms with Gasteiger partial charge in [-0.1, -0.05) is 35.6 Å². The summed E-state index contributed by atoms with van der Waals surface area (Å²) < 4.78 is 18.0. The molecule has 0 fully saturated rings. The minimum atomic E-state index is -0.672. The molecule has 0 radical (unpaired) electrons. The lowest BCUT2D eigenvalue weighted by molar-refractivity contribution is -0.138. The van der Waals surface area contributed by atoms with E-state index in [1.165, 1.54) is 15.9 Å². The summed E-state index contributed by atoms with van der Waals surface area (Å²) in [5.74, 6) is 0.742. The number of carbonyl (C=O) groups is 1. The van der Waals surface area contributed by atoms with Gasteiger partial charge in [0.05, 0.1) is 16.7 Å². The number of phenolic OH excluding ortho intramolecular Hbond substituents is 1. The molecule has 0 saturated heterocycles. The van der Waals surface area contributed by atoms with Crippen molar-refractivity contribution in [2.45, 2.75) is 19.9 Å². The van der Waals surface area contributed by atoms with E-state index in [1.807, 2.05) is 6.07 Å². The lowest BCUT2D eigenvalue weighted by atomic mass is 9.96. The highest BCUT2D eigenvalue weighted by atomic mass is 32.1. The predicted molar refractivity (Wildman–Crippen MR) is 122 cm³/mol. The summed E-state index contributed by atoms with van der Waals surface area (Å²) >= 11 is 1.20. The second kappa shape index (κ2) is 8.25. The number of fused-ring (bicyclic) bond motifs is 2. The van der Waals surface area contributed by atoms with Crippen LogP contribution in [0.1, 0.15) is 31.0 Å². The Labute approximate surface area is 192 Å². The van der Waals surface area contributed by atoms with Gasteiger partial charge >= 0.3 is 5.97 Å². The van der Waals surface area contributed by atoms with Crippen LogP contribution in [-0.4, -0.2) is 29.0 Å². The molecule has 1 N–H and O–H groups in total. The van der Waals surface area contributed by atoms with Crippen LogP contribution in [0.15, 0.2) is 57.8 Å². The van der Waals surface area contributed by atoms with Gasteiger partial charge < -0.3 is 19.3 Å².